The molecule has 2 amide bonds. The van der Waals surface area contributed by atoms with E-state index in [1.807, 2.05) is 4.90 Å². The first-order valence-corrected chi connectivity index (χ1v) is 9.37. The molecular formula is C18H27ClN4O5. The fourth-order valence-corrected chi connectivity index (χ4v) is 2.46. The van der Waals surface area contributed by atoms with E-state index in [4.69, 9.17) is 25.8 Å². The number of rotatable bonds is 2. The fraction of sp³-hybridized carbons (Fsp3) is 0.667. The van der Waals surface area contributed by atoms with Gasteiger partial charge < -0.3 is 19.1 Å². The van der Waals surface area contributed by atoms with E-state index in [9.17, 15) is 9.59 Å². The van der Waals surface area contributed by atoms with Crippen molar-refractivity contribution in [1.29, 1.82) is 0 Å². The molecule has 2 heterocycles. The number of amides is 2. The largest absolute Gasteiger partial charge is 0.443 e. The number of nitrogens with zero attached hydrogens (tertiary/aromatic N) is 4. The maximum Gasteiger partial charge on any atom is 0.425 e. The molecule has 1 aliphatic rings. The first kappa shape index (κ1) is 22.2. The van der Waals surface area contributed by atoms with Crippen molar-refractivity contribution in [3.63, 3.8) is 0 Å². The van der Waals surface area contributed by atoms with Gasteiger partial charge in [-0.05, 0) is 41.5 Å². The van der Waals surface area contributed by atoms with Crippen LogP contribution in [0.3, 0.4) is 0 Å². The number of morpholine rings is 1. The van der Waals surface area contributed by atoms with E-state index in [-0.39, 0.29) is 11.0 Å². The molecular weight excluding hydrogens is 388 g/mol. The van der Waals surface area contributed by atoms with Gasteiger partial charge in [0.1, 0.15) is 16.4 Å². The molecule has 0 saturated carbocycles. The summed E-state index contributed by atoms with van der Waals surface area (Å²) in [6, 6.07) is 1.32. The van der Waals surface area contributed by atoms with Crippen LogP contribution in [-0.4, -0.2) is 59.7 Å². The summed E-state index contributed by atoms with van der Waals surface area (Å²) in [7, 11) is 0. The molecule has 0 N–H and O–H groups in total. The van der Waals surface area contributed by atoms with E-state index >= 15 is 0 Å². The summed E-state index contributed by atoms with van der Waals surface area (Å²) in [5.41, 5.74) is -1.64. The van der Waals surface area contributed by atoms with Crippen LogP contribution in [0.5, 0.6) is 0 Å². The molecule has 1 aromatic rings. The van der Waals surface area contributed by atoms with Gasteiger partial charge in [0.25, 0.3) is 0 Å². The summed E-state index contributed by atoms with van der Waals surface area (Å²) < 4.78 is 16.1. The molecule has 0 aliphatic carbocycles. The predicted molar refractivity (Wildman–Crippen MR) is 105 cm³/mol. The summed E-state index contributed by atoms with van der Waals surface area (Å²) in [4.78, 5) is 36.7. The first-order valence-electron chi connectivity index (χ1n) is 8.99. The Kier molecular flexibility index (Phi) is 6.71. The Morgan fingerprint density at radius 1 is 1.04 bits per heavy atom. The van der Waals surface area contributed by atoms with E-state index in [1.165, 1.54) is 6.07 Å². The van der Waals surface area contributed by atoms with E-state index in [0.29, 0.717) is 32.3 Å². The van der Waals surface area contributed by atoms with Crippen molar-refractivity contribution in [3.8, 4) is 0 Å². The number of carbonyl (C=O) groups is 2. The van der Waals surface area contributed by atoms with Crippen LogP contribution in [0.1, 0.15) is 41.5 Å². The Morgan fingerprint density at radius 2 is 1.54 bits per heavy atom. The second-order valence-electron chi connectivity index (χ2n) is 8.24. The molecule has 0 spiro atoms. The topological polar surface area (TPSA) is 94.1 Å². The zero-order valence-corrected chi connectivity index (χ0v) is 17.9. The maximum atomic E-state index is 12.8. The minimum atomic E-state index is -0.913. The molecule has 1 aliphatic heterocycles. The van der Waals surface area contributed by atoms with E-state index in [0.717, 1.165) is 4.90 Å². The number of anilines is 2. The van der Waals surface area contributed by atoms with Gasteiger partial charge >= 0.3 is 12.2 Å². The van der Waals surface area contributed by atoms with E-state index < -0.39 is 23.4 Å². The molecule has 9 nitrogen and oxygen atoms in total. The highest BCUT2D eigenvalue weighted by atomic mass is 35.5. The molecule has 2 rings (SSSR count). The van der Waals surface area contributed by atoms with Crippen LogP contribution in [0.2, 0.25) is 5.15 Å². The third-order valence-electron chi connectivity index (χ3n) is 3.34. The summed E-state index contributed by atoms with van der Waals surface area (Å²) in [5, 5.41) is 0.0867. The summed E-state index contributed by atoms with van der Waals surface area (Å²) in [6.07, 6.45) is -1.83. The van der Waals surface area contributed by atoms with Gasteiger partial charge in [-0.1, -0.05) is 11.6 Å². The van der Waals surface area contributed by atoms with Crippen LogP contribution in [0, 0.1) is 0 Å². The summed E-state index contributed by atoms with van der Waals surface area (Å²) in [6.45, 7) is 12.4. The van der Waals surface area contributed by atoms with Crippen molar-refractivity contribution in [2.75, 3.05) is 36.1 Å². The Bertz CT molecular complexity index is 696. The molecule has 1 saturated heterocycles. The van der Waals surface area contributed by atoms with Gasteiger partial charge in [-0.25, -0.2) is 14.6 Å². The quantitative estimate of drug-likeness (QED) is 0.677. The third kappa shape index (κ3) is 6.49. The number of aromatic nitrogens is 2. The van der Waals surface area contributed by atoms with Gasteiger partial charge in [-0.3, -0.25) is 0 Å². The number of carbonyl (C=O) groups excluding carboxylic acids is 2. The number of imide groups is 1. The van der Waals surface area contributed by atoms with Gasteiger partial charge in [0.05, 0.1) is 13.2 Å². The number of halogens is 1. The minimum absolute atomic E-state index is 0.0232. The van der Waals surface area contributed by atoms with Crippen molar-refractivity contribution < 1.29 is 23.8 Å². The molecule has 156 valence electrons. The lowest BCUT2D eigenvalue weighted by Gasteiger charge is -2.30. The molecule has 0 radical (unpaired) electrons. The second-order valence-corrected chi connectivity index (χ2v) is 8.63. The van der Waals surface area contributed by atoms with Gasteiger partial charge in [0.15, 0.2) is 5.82 Å². The highest BCUT2D eigenvalue weighted by Gasteiger charge is 2.34. The highest BCUT2D eigenvalue weighted by molar-refractivity contribution is 6.30. The normalized spacial score (nSPS) is 15.2. The zero-order valence-electron chi connectivity index (χ0n) is 17.1. The minimum Gasteiger partial charge on any atom is -0.443 e. The first-order chi connectivity index (χ1) is 12.9. The fourth-order valence-electron chi connectivity index (χ4n) is 2.29. The molecule has 28 heavy (non-hydrogen) atoms. The zero-order chi connectivity index (χ0) is 21.1. The van der Waals surface area contributed by atoms with Crippen molar-refractivity contribution >= 4 is 35.6 Å². The Morgan fingerprint density at radius 3 is 2.00 bits per heavy atom. The Hall–Kier alpha value is -2.13. The standard InChI is InChI=1S/C18H27ClN4O5/c1-17(2,3)27-15(24)23(16(25)28-18(4,5)6)13-11-12(19)20-14(21-13)22-7-9-26-10-8-22/h11H,7-10H2,1-6H3. The molecule has 0 atom stereocenters. The van der Waals surface area contributed by atoms with Crippen LogP contribution in [-0.2, 0) is 14.2 Å². The van der Waals surface area contributed by atoms with E-state index in [2.05, 4.69) is 9.97 Å². The van der Waals surface area contributed by atoms with Crippen molar-refractivity contribution in [1.82, 2.24) is 9.97 Å². The lowest BCUT2D eigenvalue weighted by Crippen LogP contribution is -2.44. The average Bonchev–Trinajstić information content (AvgIpc) is 2.51. The van der Waals surface area contributed by atoms with E-state index in [1.54, 1.807) is 41.5 Å². The summed E-state index contributed by atoms with van der Waals surface area (Å²) >= 11 is 6.15. The third-order valence-corrected chi connectivity index (χ3v) is 3.54. The molecule has 0 unspecified atom stereocenters. The number of hydrogen-bond donors (Lipinski definition) is 0. The Labute approximate surface area is 169 Å². The summed E-state index contributed by atoms with van der Waals surface area (Å²) in [5.74, 6) is 0.271. The van der Waals surface area contributed by atoms with Crippen LogP contribution in [0.4, 0.5) is 21.4 Å². The maximum absolute atomic E-state index is 12.8. The second kappa shape index (κ2) is 8.48. The number of ether oxygens (including phenoxy) is 3. The SMILES string of the molecule is CC(C)(C)OC(=O)N(C(=O)OC(C)(C)C)c1cc(Cl)nc(N2CCOCC2)n1. The smallest absolute Gasteiger partial charge is 0.425 e. The van der Waals surface area contributed by atoms with Crippen molar-refractivity contribution in [3.05, 3.63) is 11.2 Å². The monoisotopic (exact) mass is 414 g/mol. The van der Waals surface area contributed by atoms with Crippen molar-refractivity contribution in [2.24, 2.45) is 0 Å². The molecule has 0 aromatic carbocycles. The van der Waals surface area contributed by atoms with Crippen molar-refractivity contribution in [2.45, 2.75) is 52.7 Å². The number of hydrogen-bond acceptors (Lipinski definition) is 8. The molecule has 1 aromatic heterocycles. The van der Waals surface area contributed by atoms with Crippen LogP contribution < -0.4 is 9.80 Å². The van der Waals surface area contributed by atoms with Crippen LogP contribution >= 0.6 is 11.6 Å². The van der Waals surface area contributed by atoms with Gasteiger partial charge in [0, 0.05) is 19.2 Å². The highest BCUT2D eigenvalue weighted by Crippen LogP contribution is 2.25. The average molecular weight is 415 g/mol. The van der Waals surface area contributed by atoms with Gasteiger partial charge in [0.2, 0.25) is 5.95 Å². The van der Waals surface area contributed by atoms with Gasteiger partial charge in [-0.15, -0.1) is 0 Å². The molecule has 0 bridgehead atoms. The molecule has 1 fully saturated rings. The lowest BCUT2D eigenvalue weighted by molar-refractivity contribution is 0.0429. The lowest BCUT2D eigenvalue weighted by atomic mass is 10.2. The van der Waals surface area contributed by atoms with Gasteiger partial charge in [-0.2, -0.15) is 9.88 Å². The Balaban J connectivity index is 2.42. The predicted octanol–water partition coefficient (Wildman–Crippen LogP) is 3.64. The van der Waals surface area contributed by atoms with Crippen LogP contribution in [0.15, 0.2) is 6.07 Å². The molecule has 10 heteroatoms. The van der Waals surface area contributed by atoms with Crippen LogP contribution in [0.25, 0.3) is 0 Å².